The minimum atomic E-state index is -0.514. The number of benzene rings is 1. The third-order valence-electron chi connectivity index (χ3n) is 2.28. The minimum Gasteiger partial charge on any atom is -0.289 e. The highest BCUT2D eigenvalue weighted by molar-refractivity contribution is 7.10. The molecule has 0 radical (unpaired) electrons. The lowest BCUT2D eigenvalue weighted by molar-refractivity contribution is -0.384. The average Bonchev–Trinajstić information content (AvgIpc) is 2.89. The van der Waals surface area contributed by atoms with Crippen LogP contribution in [-0.4, -0.2) is 10.7 Å². The predicted octanol–water partition coefficient (Wildman–Crippen LogP) is 3.55. The van der Waals surface area contributed by atoms with Gasteiger partial charge in [-0.05, 0) is 23.6 Å². The number of hydrogen-bond donors (Lipinski definition) is 0. The van der Waals surface area contributed by atoms with Crippen LogP contribution in [0.1, 0.15) is 15.2 Å². The Balaban J connectivity index is 2.19. The van der Waals surface area contributed by atoms with Crippen LogP contribution in [0, 0.1) is 10.1 Å². The van der Waals surface area contributed by atoms with Gasteiger partial charge < -0.3 is 0 Å². The normalized spacial score (nSPS) is 10.7. The van der Waals surface area contributed by atoms with E-state index in [1.165, 1.54) is 35.6 Å². The Labute approximate surface area is 107 Å². The number of thiophene rings is 1. The maximum absolute atomic E-state index is 11.8. The average molecular weight is 259 g/mol. The lowest BCUT2D eigenvalue weighted by Crippen LogP contribution is -1.96. The summed E-state index contributed by atoms with van der Waals surface area (Å²) in [6.07, 6.45) is 3.12. The molecule has 0 atom stereocenters. The van der Waals surface area contributed by atoms with E-state index in [9.17, 15) is 14.9 Å². The van der Waals surface area contributed by atoms with E-state index in [1.807, 2.05) is 17.5 Å². The Kier molecular flexibility index (Phi) is 3.64. The van der Waals surface area contributed by atoms with Gasteiger partial charge in [0.25, 0.3) is 5.69 Å². The third-order valence-corrected chi connectivity index (χ3v) is 3.12. The van der Waals surface area contributed by atoms with Gasteiger partial charge in [0.05, 0.1) is 4.92 Å². The van der Waals surface area contributed by atoms with E-state index in [0.29, 0.717) is 5.56 Å². The van der Waals surface area contributed by atoms with Crippen LogP contribution in [0.25, 0.3) is 6.08 Å². The molecule has 0 aliphatic heterocycles. The largest absolute Gasteiger partial charge is 0.289 e. The lowest BCUT2D eigenvalue weighted by Gasteiger charge is -1.95. The van der Waals surface area contributed by atoms with Crippen LogP contribution in [-0.2, 0) is 0 Å². The van der Waals surface area contributed by atoms with Crippen molar-refractivity contribution in [1.82, 2.24) is 0 Å². The highest BCUT2D eigenvalue weighted by Gasteiger charge is 2.09. The molecule has 1 heterocycles. The van der Waals surface area contributed by atoms with E-state index < -0.39 is 4.92 Å². The van der Waals surface area contributed by atoms with Gasteiger partial charge in [0.2, 0.25) is 0 Å². The van der Waals surface area contributed by atoms with Crippen molar-refractivity contribution >= 4 is 28.9 Å². The second kappa shape index (κ2) is 5.37. The van der Waals surface area contributed by atoms with Crippen LogP contribution in [0.5, 0.6) is 0 Å². The Morgan fingerprint density at radius 3 is 2.78 bits per heavy atom. The maximum Gasteiger partial charge on any atom is 0.270 e. The molecule has 0 aliphatic rings. The molecule has 2 rings (SSSR count). The summed E-state index contributed by atoms with van der Waals surface area (Å²) in [7, 11) is 0. The molecule has 0 aliphatic carbocycles. The summed E-state index contributed by atoms with van der Waals surface area (Å²) in [5.74, 6) is -0.243. The maximum atomic E-state index is 11.8. The van der Waals surface area contributed by atoms with E-state index >= 15 is 0 Å². The molecule has 1 aromatic heterocycles. The molecule has 0 bridgehead atoms. The molecule has 5 heteroatoms. The van der Waals surface area contributed by atoms with E-state index in [-0.39, 0.29) is 11.5 Å². The number of carbonyl (C=O) groups is 1. The van der Waals surface area contributed by atoms with Crippen molar-refractivity contribution < 1.29 is 9.72 Å². The molecule has 1 aromatic carbocycles. The van der Waals surface area contributed by atoms with Gasteiger partial charge in [-0.3, -0.25) is 14.9 Å². The Morgan fingerprint density at radius 2 is 2.11 bits per heavy atom. The Hall–Kier alpha value is -2.27. The summed E-state index contributed by atoms with van der Waals surface area (Å²) < 4.78 is 0. The van der Waals surface area contributed by atoms with Crippen molar-refractivity contribution in [2.24, 2.45) is 0 Å². The zero-order chi connectivity index (χ0) is 13.0. The summed E-state index contributed by atoms with van der Waals surface area (Å²) in [5, 5.41) is 12.5. The number of nitro groups is 1. The van der Waals surface area contributed by atoms with Gasteiger partial charge in [-0.1, -0.05) is 18.2 Å². The third kappa shape index (κ3) is 2.89. The number of ketones is 1. The quantitative estimate of drug-likeness (QED) is 0.365. The fraction of sp³-hybridized carbons (Fsp3) is 0. The molecular formula is C13H9NO3S. The standard InChI is InChI=1S/C13H9NO3S/c15-13(7-6-12-5-2-8-18-12)10-3-1-4-11(9-10)14(16)17/h1-9H/b7-6+. The zero-order valence-electron chi connectivity index (χ0n) is 9.28. The van der Waals surface area contributed by atoms with Gasteiger partial charge in [0.1, 0.15) is 0 Å². The van der Waals surface area contributed by atoms with Crippen LogP contribution < -0.4 is 0 Å². The molecule has 0 saturated carbocycles. The van der Waals surface area contributed by atoms with Gasteiger partial charge in [-0.25, -0.2) is 0 Å². The SMILES string of the molecule is O=C(/C=C/c1cccs1)c1cccc([N+](=O)[O-])c1. The van der Waals surface area contributed by atoms with E-state index in [4.69, 9.17) is 0 Å². The fourth-order valence-corrected chi connectivity index (χ4v) is 2.03. The monoisotopic (exact) mass is 259 g/mol. The van der Waals surface area contributed by atoms with Gasteiger partial charge in [0.15, 0.2) is 5.78 Å². The van der Waals surface area contributed by atoms with Gasteiger partial charge >= 0.3 is 0 Å². The zero-order valence-corrected chi connectivity index (χ0v) is 10.1. The smallest absolute Gasteiger partial charge is 0.270 e. The molecule has 0 saturated heterocycles. The van der Waals surface area contributed by atoms with Crippen molar-refractivity contribution in [1.29, 1.82) is 0 Å². The molecule has 90 valence electrons. The number of rotatable bonds is 4. The number of nitro benzene ring substituents is 1. The Morgan fingerprint density at radius 1 is 1.28 bits per heavy atom. The molecule has 4 nitrogen and oxygen atoms in total. The van der Waals surface area contributed by atoms with Gasteiger partial charge in [-0.2, -0.15) is 0 Å². The molecule has 0 N–H and O–H groups in total. The van der Waals surface area contributed by atoms with E-state index in [2.05, 4.69) is 0 Å². The molecule has 0 unspecified atom stereocenters. The fourth-order valence-electron chi connectivity index (χ4n) is 1.41. The van der Waals surface area contributed by atoms with Crippen LogP contribution in [0.2, 0.25) is 0 Å². The first kappa shape index (κ1) is 12.2. The highest BCUT2D eigenvalue weighted by atomic mass is 32.1. The molecule has 2 aromatic rings. The summed E-state index contributed by atoms with van der Waals surface area (Å²) in [6, 6.07) is 9.49. The van der Waals surface area contributed by atoms with Gasteiger partial charge in [-0.15, -0.1) is 11.3 Å². The second-order valence-corrected chi connectivity index (χ2v) is 4.50. The number of non-ortho nitro benzene ring substituents is 1. The van der Waals surface area contributed by atoms with Crippen LogP contribution in [0.15, 0.2) is 47.9 Å². The van der Waals surface area contributed by atoms with Crippen LogP contribution >= 0.6 is 11.3 Å². The summed E-state index contributed by atoms with van der Waals surface area (Å²) in [4.78, 5) is 22.9. The number of allylic oxidation sites excluding steroid dienone is 1. The summed E-state index contributed by atoms with van der Waals surface area (Å²) in [6.45, 7) is 0. The van der Waals surface area contributed by atoms with E-state index in [0.717, 1.165) is 4.88 Å². The minimum absolute atomic E-state index is 0.0784. The van der Waals surface area contributed by atoms with Crippen molar-refractivity contribution in [3.63, 3.8) is 0 Å². The molecular weight excluding hydrogens is 250 g/mol. The first-order valence-corrected chi connectivity index (χ1v) is 6.05. The van der Waals surface area contributed by atoms with Crippen molar-refractivity contribution in [2.45, 2.75) is 0 Å². The predicted molar refractivity (Wildman–Crippen MR) is 70.8 cm³/mol. The van der Waals surface area contributed by atoms with Crippen LogP contribution in [0.4, 0.5) is 5.69 Å². The molecule has 0 amide bonds. The molecule has 0 fully saturated rings. The summed E-state index contributed by atoms with van der Waals surface area (Å²) in [5.41, 5.74) is 0.238. The number of nitrogens with zero attached hydrogens (tertiary/aromatic N) is 1. The molecule has 0 spiro atoms. The summed E-state index contributed by atoms with van der Waals surface area (Å²) >= 11 is 1.52. The Bertz CT molecular complexity index is 602. The van der Waals surface area contributed by atoms with Crippen molar-refractivity contribution in [2.75, 3.05) is 0 Å². The highest BCUT2D eigenvalue weighted by Crippen LogP contribution is 2.15. The van der Waals surface area contributed by atoms with Crippen molar-refractivity contribution in [3.8, 4) is 0 Å². The lowest BCUT2D eigenvalue weighted by atomic mass is 10.1. The number of hydrogen-bond acceptors (Lipinski definition) is 4. The number of carbonyl (C=O) groups excluding carboxylic acids is 1. The first-order valence-electron chi connectivity index (χ1n) is 5.17. The topological polar surface area (TPSA) is 60.2 Å². The van der Waals surface area contributed by atoms with Gasteiger partial charge in [0, 0.05) is 22.6 Å². The molecule has 18 heavy (non-hydrogen) atoms. The second-order valence-electron chi connectivity index (χ2n) is 3.52. The van der Waals surface area contributed by atoms with Crippen LogP contribution in [0.3, 0.4) is 0 Å². The first-order chi connectivity index (χ1) is 8.66. The van der Waals surface area contributed by atoms with Crippen molar-refractivity contribution in [3.05, 3.63) is 68.4 Å². The van der Waals surface area contributed by atoms with E-state index in [1.54, 1.807) is 12.1 Å².